The number of benzene rings is 1. The van der Waals surface area contributed by atoms with Crippen LogP contribution in [0.4, 0.5) is 0 Å². The van der Waals surface area contributed by atoms with Crippen LogP contribution in [0.25, 0.3) is 0 Å². The Morgan fingerprint density at radius 1 is 1.38 bits per heavy atom. The van der Waals surface area contributed by atoms with Gasteiger partial charge in [-0.05, 0) is 30.4 Å². The third-order valence-corrected chi connectivity index (χ3v) is 4.63. The van der Waals surface area contributed by atoms with E-state index in [9.17, 15) is 4.79 Å². The topological polar surface area (TPSA) is 55.6 Å². The molecule has 1 amide bonds. The van der Waals surface area contributed by atoms with E-state index in [0.717, 1.165) is 19.3 Å². The van der Waals surface area contributed by atoms with Crippen molar-refractivity contribution < 1.29 is 9.53 Å². The average Bonchev–Trinajstić information content (AvgIpc) is 2.53. The standard InChI is InChI=1S/C16H20N2O2S/c17-15(21)14-10-18(8-9-20-14)16(19)13-7-3-5-11-4-1-2-6-12(11)13/h1-2,4,6,13-14H,3,5,7-10H2,(H2,17,21). The van der Waals surface area contributed by atoms with Crippen LogP contribution >= 0.6 is 12.2 Å². The molecule has 2 N–H and O–H groups in total. The maximum Gasteiger partial charge on any atom is 0.230 e. The van der Waals surface area contributed by atoms with E-state index < -0.39 is 0 Å². The SMILES string of the molecule is NC(=S)C1CN(C(=O)C2CCCc3ccccc32)CCO1. The van der Waals surface area contributed by atoms with E-state index in [4.69, 9.17) is 22.7 Å². The molecule has 1 aromatic rings. The number of hydrogen-bond donors (Lipinski definition) is 1. The first-order valence-corrected chi connectivity index (χ1v) is 7.85. The molecule has 1 aliphatic heterocycles. The number of carbonyl (C=O) groups excluding carboxylic acids is 1. The molecule has 5 heteroatoms. The van der Waals surface area contributed by atoms with E-state index in [1.54, 1.807) is 0 Å². The van der Waals surface area contributed by atoms with Gasteiger partial charge in [0.05, 0.1) is 19.1 Å². The van der Waals surface area contributed by atoms with E-state index in [0.29, 0.717) is 24.7 Å². The monoisotopic (exact) mass is 304 g/mol. The highest BCUT2D eigenvalue weighted by atomic mass is 32.1. The zero-order valence-corrected chi connectivity index (χ0v) is 12.8. The molecular weight excluding hydrogens is 284 g/mol. The Labute approximate surface area is 130 Å². The second-order valence-corrected chi connectivity index (χ2v) is 6.16. The van der Waals surface area contributed by atoms with Crippen molar-refractivity contribution in [3.8, 4) is 0 Å². The van der Waals surface area contributed by atoms with Crippen LogP contribution < -0.4 is 5.73 Å². The fraction of sp³-hybridized carbons (Fsp3) is 0.500. The highest BCUT2D eigenvalue weighted by Gasteiger charge is 2.33. The lowest BCUT2D eigenvalue weighted by Crippen LogP contribution is -2.51. The molecule has 4 nitrogen and oxygen atoms in total. The molecule has 2 aliphatic rings. The minimum Gasteiger partial charge on any atom is -0.391 e. The van der Waals surface area contributed by atoms with Crippen LogP contribution in [0.1, 0.15) is 29.9 Å². The Bertz CT molecular complexity index is 561. The molecule has 2 atom stereocenters. The lowest BCUT2D eigenvalue weighted by molar-refractivity contribution is -0.138. The molecule has 0 aromatic heterocycles. The number of ether oxygens (including phenoxy) is 1. The Morgan fingerprint density at radius 2 is 2.19 bits per heavy atom. The van der Waals surface area contributed by atoms with Gasteiger partial charge in [-0.15, -0.1) is 0 Å². The Hall–Kier alpha value is -1.46. The summed E-state index contributed by atoms with van der Waals surface area (Å²) in [6.07, 6.45) is 2.75. The number of nitrogens with two attached hydrogens (primary N) is 1. The maximum absolute atomic E-state index is 12.9. The van der Waals surface area contributed by atoms with Crippen molar-refractivity contribution in [2.75, 3.05) is 19.7 Å². The normalized spacial score (nSPS) is 25.2. The van der Waals surface area contributed by atoms with Crippen molar-refractivity contribution in [2.45, 2.75) is 31.3 Å². The van der Waals surface area contributed by atoms with Gasteiger partial charge < -0.3 is 15.4 Å². The number of rotatable bonds is 2. The first-order chi connectivity index (χ1) is 10.2. The highest BCUT2D eigenvalue weighted by molar-refractivity contribution is 7.80. The molecule has 1 fully saturated rings. The predicted molar refractivity (Wildman–Crippen MR) is 85.2 cm³/mol. The Balaban J connectivity index is 1.78. The van der Waals surface area contributed by atoms with Crippen molar-refractivity contribution >= 4 is 23.1 Å². The van der Waals surface area contributed by atoms with Crippen LogP contribution in [0.2, 0.25) is 0 Å². The number of fused-ring (bicyclic) bond motifs is 1. The number of hydrogen-bond acceptors (Lipinski definition) is 3. The molecule has 0 bridgehead atoms. The second kappa shape index (κ2) is 6.12. The maximum atomic E-state index is 12.9. The minimum atomic E-state index is -0.309. The van der Waals surface area contributed by atoms with Gasteiger partial charge in [-0.2, -0.15) is 0 Å². The molecule has 1 heterocycles. The van der Waals surface area contributed by atoms with Crippen LogP contribution in [0.15, 0.2) is 24.3 Å². The van der Waals surface area contributed by atoms with Gasteiger partial charge in [0.25, 0.3) is 0 Å². The molecule has 0 saturated carbocycles. The fourth-order valence-electron chi connectivity index (χ4n) is 3.25. The zero-order valence-electron chi connectivity index (χ0n) is 12.0. The van der Waals surface area contributed by atoms with E-state index in [1.807, 2.05) is 17.0 Å². The molecule has 112 valence electrons. The summed E-state index contributed by atoms with van der Waals surface area (Å²) in [5, 5.41) is 0. The average molecular weight is 304 g/mol. The number of carbonyl (C=O) groups is 1. The highest BCUT2D eigenvalue weighted by Crippen LogP contribution is 2.33. The molecular formula is C16H20N2O2S. The summed E-state index contributed by atoms with van der Waals surface area (Å²) in [7, 11) is 0. The zero-order chi connectivity index (χ0) is 14.8. The van der Waals surface area contributed by atoms with Crippen molar-refractivity contribution in [1.82, 2.24) is 4.90 Å². The lowest BCUT2D eigenvalue weighted by atomic mass is 9.82. The van der Waals surface area contributed by atoms with Crippen molar-refractivity contribution in [2.24, 2.45) is 5.73 Å². The summed E-state index contributed by atoms with van der Waals surface area (Å²) in [6.45, 7) is 1.60. The predicted octanol–water partition coefficient (Wildman–Crippen LogP) is 1.62. The van der Waals surface area contributed by atoms with Crippen LogP contribution in [0.3, 0.4) is 0 Å². The van der Waals surface area contributed by atoms with Crippen LogP contribution in [-0.2, 0) is 16.0 Å². The summed E-state index contributed by atoms with van der Waals surface area (Å²) in [5.74, 6) is 0.159. The largest absolute Gasteiger partial charge is 0.391 e. The quantitative estimate of drug-likeness (QED) is 0.844. The van der Waals surface area contributed by atoms with Crippen LogP contribution in [0.5, 0.6) is 0 Å². The minimum absolute atomic E-state index is 0.0277. The van der Waals surface area contributed by atoms with Gasteiger partial charge >= 0.3 is 0 Å². The molecule has 0 radical (unpaired) electrons. The van der Waals surface area contributed by atoms with E-state index >= 15 is 0 Å². The van der Waals surface area contributed by atoms with Gasteiger partial charge in [0.1, 0.15) is 11.1 Å². The molecule has 21 heavy (non-hydrogen) atoms. The van der Waals surface area contributed by atoms with Gasteiger partial charge in [-0.25, -0.2) is 0 Å². The van der Waals surface area contributed by atoms with Crippen molar-refractivity contribution in [3.63, 3.8) is 0 Å². The third kappa shape index (κ3) is 2.94. The van der Waals surface area contributed by atoms with E-state index in [1.165, 1.54) is 11.1 Å². The summed E-state index contributed by atoms with van der Waals surface area (Å²) >= 11 is 4.99. The molecule has 1 aromatic carbocycles. The Morgan fingerprint density at radius 3 is 3.00 bits per heavy atom. The number of aryl methyl sites for hydroxylation is 1. The third-order valence-electron chi connectivity index (χ3n) is 4.36. The Kier molecular flexibility index (Phi) is 4.22. The smallest absolute Gasteiger partial charge is 0.230 e. The first kappa shape index (κ1) is 14.5. The summed E-state index contributed by atoms with van der Waals surface area (Å²) in [6, 6.07) is 8.28. The first-order valence-electron chi connectivity index (χ1n) is 7.44. The number of amides is 1. The van der Waals surface area contributed by atoms with E-state index in [2.05, 4.69) is 12.1 Å². The molecule has 3 rings (SSSR count). The summed E-state index contributed by atoms with van der Waals surface area (Å²) in [4.78, 5) is 15.1. The molecule has 0 spiro atoms. The van der Waals surface area contributed by atoms with Crippen molar-refractivity contribution in [3.05, 3.63) is 35.4 Å². The lowest BCUT2D eigenvalue weighted by Gasteiger charge is -2.36. The molecule has 2 unspecified atom stereocenters. The summed E-state index contributed by atoms with van der Waals surface area (Å²) in [5.41, 5.74) is 8.15. The number of morpholine rings is 1. The second-order valence-electron chi connectivity index (χ2n) is 5.69. The molecule has 1 aliphatic carbocycles. The van der Waals surface area contributed by atoms with Gasteiger partial charge in [0.2, 0.25) is 5.91 Å². The van der Waals surface area contributed by atoms with Gasteiger partial charge in [0, 0.05) is 6.54 Å². The van der Waals surface area contributed by atoms with Crippen molar-refractivity contribution in [1.29, 1.82) is 0 Å². The van der Waals surface area contributed by atoms with Gasteiger partial charge in [0.15, 0.2) is 0 Å². The summed E-state index contributed by atoms with van der Waals surface area (Å²) < 4.78 is 5.52. The van der Waals surface area contributed by atoms with Crippen LogP contribution in [0, 0.1) is 0 Å². The van der Waals surface area contributed by atoms with Crippen LogP contribution in [-0.4, -0.2) is 41.6 Å². The van der Waals surface area contributed by atoms with E-state index in [-0.39, 0.29) is 17.9 Å². The number of thiocarbonyl (C=S) groups is 1. The molecule has 1 saturated heterocycles. The van der Waals surface area contributed by atoms with Gasteiger partial charge in [-0.3, -0.25) is 4.79 Å². The fourth-order valence-corrected chi connectivity index (χ4v) is 3.40. The number of nitrogens with zero attached hydrogens (tertiary/aromatic N) is 1. The van der Waals surface area contributed by atoms with Gasteiger partial charge in [-0.1, -0.05) is 36.5 Å².